The van der Waals surface area contributed by atoms with Crippen molar-refractivity contribution in [2.75, 3.05) is 0 Å². The Bertz CT molecular complexity index is 2130. The lowest BCUT2D eigenvalue weighted by atomic mass is 9.75. The summed E-state index contributed by atoms with van der Waals surface area (Å²) in [6.45, 7) is 19.9. The number of Topliss-reactive ketones (excluding diaryl/α,β-unsaturated/α-hetero) is 4. The number of carbonyl (C=O) groups is 4. The number of ketones is 4. The molecule has 0 spiro atoms. The first kappa shape index (κ1) is 54.4. The normalized spacial score (nSPS) is 20.4. The van der Waals surface area contributed by atoms with Crippen molar-refractivity contribution in [2.45, 2.75) is 144 Å². The number of hydrogen-bond acceptors (Lipinski definition) is 6. The molecule has 2 fully saturated rings. The fraction of sp³-hybridized carbons (Fsp3) is 0.433. The van der Waals surface area contributed by atoms with Crippen molar-refractivity contribution < 1.29 is 19.2 Å². The summed E-state index contributed by atoms with van der Waals surface area (Å²) in [5, 5.41) is 20.0. The minimum absolute atomic E-state index is 0.0127. The molecule has 4 bridgehead atoms. The zero-order valence-corrected chi connectivity index (χ0v) is 41.4. The van der Waals surface area contributed by atoms with Crippen molar-refractivity contribution in [3.8, 4) is 12.1 Å². The second kappa shape index (κ2) is 28.1. The summed E-state index contributed by atoms with van der Waals surface area (Å²) in [6, 6.07) is 43.6. The van der Waals surface area contributed by atoms with Crippen molar-refractivity contribution >= 4 is 23.1 Å². The Kier molecular flexibility index (Phi) is 23.2. The van der Waals surface area contributed by atoms with E-state index in [0.29, 0.717) is 23.0 Å². The standard InChI is InChI=1S/2C26H25NO2.4C2H6/c2*1-17-20-12-13-21(14-20)26(29)25(17)24(28)15-22(18-8-4-2-5-9-18)23(16-27)19-10-6-3-7-11-19;4*1-2/h2*2-11,20-23H,12-15H2,1H3;4*1-2H3/t2*20?,21?,22-,23-;;;;/m10..../s1. The minimum atomic E-state index is -0.445. The van der Waals surface area contributed by atoms with Gasteiger partial charge in [0.05, 0.1) is 35.1 Å². The van der Waals surface area contributed by atoms with Crippen LogP contribution in [-0.4, -0.2) is 23.1 Å². The average molecular weight is 887 g/mol. The van der Waals surface area contributed by atoms with Crippen molar-refractivity contribution in [3.05, 3.63) is 166 Å². The van der Waals surface area contributed by atoms with Crippen molar-refractivity contribution in [1.82, 2.24) is 0 Å². The molecule has 2 saturated carbocycles. The molecule has 4 aromatic carbocycles. The average Bonchev–Trinajstić information content (AvgIpc) is 4.05. The molecule has 0 saturated heterocycles. The molecule has 6 nitrogen and oxygen atoms in total. The predicted octanol–water partition coefficient (Wildman–Crippen LogP) is 14.8. The quantitative estimate of drug-likeness (QED) is 0.131. The SMILES string of the molecule is CC.CC.CC.CC.CC1=C(C(=O)C[C@@H](c2ccccc2)[C@@H](C#N)c2ccccc2)C(=O)C2CCC1C2.CC1=C(C(=O)C[C@H](c2ccccc2)[C@H](C#N)c2ccccc2)C(=O)C2CCC1C2. The maximum absolute atomic E-state index is 13.4. The van der Waals surface area contributed by atoms with E-state index in [1.807, 2.05) is 191 Å². The topological polar surface area (TPSA) is 116 Å². The predicted molar refractivity (Wildman–Crippen MR) is 270 cm³/mol. The van der Waals surface area contributed by atoms with Crippen LogP contribution >= 0.6 is 0 Å². The molecule has 4 unspecified atom stereocenters. The fourth-order valence-electron chi connectivity index (χ4n) is 10.1. The van der Waals surface area contributed by atoms with Gasteiger partial charge in [-0.2, -0.15) is 10.5 Å². The van der Waals surface area contributed by atoms with E-state index in [0.717, 1.165) is 71.9 Å². The van der Waals surface area contributed by atoms with Crippen LogP contribution in [0.4, 0.5) is 0 Å². The van der Waals surface area contributed by atoms with Crippen LogP contribution in [0.2, 0.25) is 0 Å². The van der Waals surface area contributed by atoms with Crippen molar-refractivity contribution in [3.63, 3.8) is 0 Å². The Morgan fingerprint density at radius 2 is 0.712 bits per heavy atom. The lowest BCUT2D eigenvalue weighted by Crippen LogP contribution is -2.27. The van der Waals surface area contributed by atoms with E-state index in [2.05, 4.69) is 12.1 Å². The molecule has 348 valence electrons. The molecule has 0 heterocycles. The van der Waals surface area contributed by atoms with E-state index >= 15 is 0 Å². The van der Waals surface area contributed by atoms with Crippen LogP contribution in [0.5, 0.6) is 0 Å². The summed E-state index contributed by atoms with van der Waals surface area (Å²) in [7, 11) is 0. The number of fused-ring (bicyclic) bond motifs is 4. The summed E-state index contributed by atoms with van der Waals surface area (Å²) >= 11 is 0. The summed E-state index contributed by atoms with van der Waals surface area (Å²) < 4.78 is 0. The van der Waals surface area contributed by atoms with Crippen LogP contribution in [0.15, 0.2) is 144 Å². The van der Waals surface area contributed by atoms with Gasteiger partial charge in [-0.1, -0.05) is 188 Å². The number of allylic oxidation sites excluding steroid dienone is 4. The molecule has 4 aromatic rings. The Labute approximate surface area is 397 Å². The van der Waals surface area contributed by atoms with Gasteiger partial charge in [0.15, 0.2) is 23.1 Å². The highest BCUT2D eigenvalue weighted by Crippen LogP contribution is 2.46. The van der Waals surface area contributed by atoms with E-state index in [1.165, 1.54) is 0 Å². The zero-order chi connectivity index (χ0) is 48.8. The second-order valence-corrected chi connectivity index (χ2v) is 16.6. The molecule has 0 radical (unpaired) electrons. The Morgan fingerprint density at radius 3 is 0.985 bits per heavy atom. The molecule has 4 aliphatic carbocycles. The van der Waals surface area contributed by atoms with Crippen LogP contribution in [0.3, 0.4) is 0 Å². The minimum Gasteiger partial charge on any atom is -0.294 e. The summed E-state index contributed by atoms with van der Waals surface area (Å²) in [6.07, 6.45) is 5.94. The molecule has 6 heteroatoms. The third-order valence-corrected chi connectivity index (χ3v) is 13.3. The van der Waals surface area contributed by atoms with Crippen LogP contribution in [0.1, 0.15) is 167 Å². The van der Waals surface area contributed by atoms with Crippen LogP contribution in [0.25, 0.3) is 0 Å². The van der Waals surface area contributed by atoms with E-state index in [9.17, 15) is 29.7 Å². The molecule has 0 aromatic heterocycles. The molecular formula is C60H74N2O4. The molecule has 0 aliphatic heterocycles. The first-order chi connectivity index (χ1) is 32.2. The molecule has 0 N–H and O–H groups in total. The molecule has 8 atom stereocenters. The number of carbonyl (C=O) groups excluding carboxylic acids is 4. The first-order valence-corrected chi connectivity index (χ1v) is 24.7. The third-order valence-electron chi connectivity index (χ3n) is 13.3. The summed E-state index contributed by atoms with van der Waals surface area (Å²) in [5.41, 5.74) is 6.50. The largest absolute Gasteiger partial charge is 0.294 e. The van der Waals surface area contributed by atoms with E-state index in [4.69, 9.17) is 0 Å². The van der Waals surface area contributed by atoms with Gasteiger partial charge in [0.1, 0.15) is 0 Å². The highest BCUT2D eigenvalue weighted by atomic mass is 16.2. The Balaban J connectivity index is 0.000000305. The maximum atomic E-state index is 13.4. The number of benzene rings is 4. The monoisotopic (exact) mass is 887 g/mol. The first-order valence-electron chi connectivity index (χ1n) is 24.7. The van der Waals surface area contributed by atoms with Gasteiger partial charge in [-0.05, 0) is 86.5 Å². The Morgan fingerprint density at radius 1 is 0.455 bits per heavy atom. The Hall–Kier alpha value is -5.98. The van der Waals surface area contributed by atoms with Crippen molar-refractivity contribution in [1.29, 1.82) is 10.5 Å². The van der Waals surface area contributed by atoms with Gasteiger partial charge in [-0.15, -0.1) is 0 Å². The van der Waals surface area contributed by atoms with E-state index in [1.54, 1.807) is 0 Å². The number of nitriles is 2. The molecule has 66 heavy (non-hydrogen) atoms. The highest BCUT2D eigenvalue weighted by Gasteiger charge is 2.43. The number of rotatable bonds is 12. The van der Waals surface area contributed by atoms with E-state index in [-0.39, 0.29) is 59.6 Å². The molecule has 4 aliphatic rings. The van der Waals surface area contributed by atoms with Gasteiger partial charge >= 0.3 is 0 Å². The summed E-state index contributed by atoms with van der Waals surface area (Å²) in [5.74, 6) is -0.853. The molecular weight excluding hydrogens is 813 g/mol. The smallest absolute Gasteiger partial charge is 0.169 e. The van der Waals surface area contributed by atoms with Crippen LogP contribution in [-0.2, 0) is 19.2 Å². The van der Waals surface area contributed by atoms with Gasteiger partial charge in [-0.25, -0.2) is 0 Å². The van der Waals surface area contributed by atoms with Gasteiger partial charge < -0.3 is 0 Å². The highest BCUT2D eigenvalue weighted by molar-refractivity contribution is 6.23. The maximum Gasteiger partial charge on any atom is 0.169 e. The van der Waals surface area contributed by atoms with E-state index < -0.39 is 11.8 Å². The number of nitrogens with zero attached hydrogens (tertiary/aromatic N) is 2. The molecule has 8 rings (SSSR count). The lowest BCUT2D eigenvalue weighted by Gasteiger charge is -2.26. The zero-order valence-electron chi connectivity index (χ0n) is 41.4. The van der Waals surface area contributed by atoms with Gasteiger partial charge in [-0.3, -0.25) is 19.2 Å². The van der Waals surface area contributed by atoms with Crippen LogP contribution in [0, 0.1) is 46.3 Å². The second-order valence-electron chi connectivity index (χ2n) is 16.6. The van der Waals surface area contributed by atoms with Gasteiger partial charge in [0.25, 0.3) is 0 Å². The van der Waals surface area contributed by atoms with Gasteiger partial charge in [0, 0.05) is 36.5 Å². The molecule has 0 amide bonds. The van der Waals surface area contributed by atoms with Crippen LogP contribution < -0.4 is 0 Å². The summed E-state index contributed by atoms with van der Waals surface area (Å²) in [4.78, 5) is 52.6. The lowest BCUT2D eigenvalue weighted by molar-refractivity contribution is -0.125. The van der Waals surface area contributed by atoms with Crippen molar-refractivity contribution in [2.24, 2.45) is 23.7 Å². The third kappa shape index (κ3) is 13.1. The van der Waals surface area contributed by atoms with Gasteiger partial charge in [0.2, 0.25) is 0 Å². The fourth-order valence-corrected chi connectivity index (χ4v) is 10.1. The number of hydrogen-bond donors (Lipinski definition) is 0.